The summed E-state index contributed by atoms with van der Waals surface area (Å²) in [7, 11) is -3.98. The number of primary sulfonamides is 1. The van der Waals surface area contributed by atoms with Crippen LogP contribution in [-0.4, -0.2) is 23.1 Å². The number of rotatable bonds is 4. The standard InChI is InChI=1S/C16H11F3N4O4S/c17-16(18,19)15-9-14(10-2-1-3-12(8-10)23(24)25)22(21-15)11-4-6-13(7-5-11)28(20,26)27/h1-9H,(H2,20,26,27). The van der Waals surface area contributed by atoms with Crippen LogP contribution in [0.5, 0.6) is 0 Å². The van der Waals surface area contributed by atoms with Gasteiger partial charge in [-0.05, 0) is 30.3 Å². The SMILES string of the molecule is NS(=O)(=O)c1ccc(-n2nc(C(F)(F)F)cc2-c2cccc([N+](=O)[O-])c2)cc1. The van der Waals surface area contributed by atoms with E-state index in [1.54, 1.807) is 0 Å². The molecule has 1 aromatic heterocycles. The van der Waals surface area contributed by atoms with Gasteiger partial charge in [0.1, 0.15) is 0 Å². The number of nitrogens with two attached hydrogens (primary N) is 1. The van der Waals surface area contributed by atoms with E-state index in [0.717, 1.165) is 28.9 Å². The summed E-state index contributed by atoms with van der Waals surface area (Å²) in [6, 6.07) is 10.5. The summed E-state index contributed by atoms with van der Waals surface area (Å²) in [6.07, 6.45) is -4.75. The van der Waals surface area contributed by atoms with Crippen molar-refractivity contribution in [2.75, 3.05) is 0 Å². The molecule has 0 fully saturated rings. The van der Waals surface area contributed by atoms with Crippen molar-refractivity contribution < 1.29 is 26.5 Å². The molecule has 3 aromatic rings. The molecule has 3 rings (SSSR count). The van der Waals surface area contributed by atoms with Gasteiger partial charge in [0.25, 0.3) is 5.69 Å². The van der Waals surface area contributed by atoms with Crippen LogP contribution in [0.15, 0.2) is 59.5 Å². The minimum Gasteiger partial charge on any atom is -0.258 e. The molecule has 0 aliphatic rings. The van der Waals surface area contributed by atoms with Crippen LogP contribution in [0, 0.1) is 10.1 Å². The Kier molecular flexibility index (Phi) is 4.69. The third-order valence-electron chi connectivity index (χ3n) is 3.76. The largest absolute Gasteiger partial charge is 0.435 e. The Morgan fingerprint density at radius 1 is 1.07 bits per heavy atom. The van der Waals surface area contributed by atoms with Gasteiger partial charge in [0, 0.05) is 17.7 Å². The molecule has 146 valence electrons. The lowest BCUT2D eigenvalue weighted by atomic mass is 10.1. The van der Waals surface area contributed by atoms with E-state index in [0.29, 0.717) is 0 Å². The quantitative estimate of drug-likeness (QED) is 0.521. The van der Waals surface area contributed by atoms with E-state index >= 15 is 0 Å². The summed E-state index contributed by atoms with van der Waals surface area (Å²) < 4.78 is 63.1. The maximum absolute atomic E-state index is 13.2. The first-order valence-corrected chi connectivity index (χ1v) is 9.07. The maximum atomic E-state index is 13.2. The number of halogens is 3. The second-order valence-electron chi connectivity index (χ2n) is 5.67. The monoisotopic (exact) mass is 412 g/mol. The average Bonchev–Trinajstić information content (AvgIpc) is 3.07. The molecule has 0 saturated carbocycles. The molecule has 0 aliphatic carbocycles. The number of hydrogen-bond acceptors (Lipinski definition) is 5. The fourth-order valence-electron chi connectivity index (χ4n) is 2.48. The fraction of sp³-hybridized carbons (Fsp3) is 0.0625. The molecule has 0 atom stereocenters. The van der Waals surface area contributed by atoms with E-state index < -0.39 is 26.8 Å². The van der Waals surface area contributed by atoms with Crippen molar-refractivity contribution >= 4 is 15.7 Å². The van der Waals surface area contributed by atoms with Crippen LogP contribution in [0.3, 0.4) is 0 Å². The van der Waals surface area contributed by atoms with Gasteiger partial charge >= 0.3 is 6.18 Å². The number of sulfonamides is 1. The lowest BCUT2D eigenvalue weighted by Gasteiger charge is -2.08. The molecule has 8 nitrogen and oxygen atoms in total. The fourth-order valence-corrected chi connectivity index (χ4v) is 2.99. The highest BCUT2D eigenvalue weighted by atomic mass is 32.2. The van der Waals surface area contributed by atoms with Crippen LogP contribution < -0.4 is 5.14 Å². The molecule has 0 aliphatic heterocycles. The zero-order chi connectivity index (χ0) is 20.7. The van der Waals surface area contributed by atoms with Gasteiger partial charge in [0.15, 0.2) is 5.69 Å². The highest BCUT2D eigenvalue weighted by molar-refractivity contribution is 7.89. The van der Waals surface area contributed by atoms with Crippen molar-refractivity contribution in [3.05, 3.63) is 70.4 Å². The first-order chi connectivity index (χ1) is 13.0. The van der Waals surface area contributed by atoms with E-state index in [2.05, 4.69) is 5.10 Å². The lowest BCUT2D eigenvalue weighted by molar-refractivity contribution is -0.384. The van der Waals surface area contributed by atoms with Gasteiger partial charge < -0.3 is 0 Å². The molecular weight excluding hydrogens is 401 g/mol. The molecule has 0 bridgehead atoms. The van der Waals surface area contributed by atoms with E-state index in [4.69, 9.17) is 5.14 Å². The molecular formula is C16H11F3N4O4S. The van der Waals surface area contributed by atoms with Gasteiger partial charge in [-0.15, -0.1) is 0 Å². The number of benzene rings is 2. The topological polar surface area (TPSA) is 121 Å². The van der Waals surface area contributed by atoms with Crippen LogP contribution >= 0.6 is 0 Å². The summed E-state index contributed by atoms with van der Waals surface area (Å²) in [6.45, 7) is 0. The molecule has 2 N–H and O–H groups in total. The third kappa shape index (κ3) is 3.87. The molecule has 0 saturated heterocycles. The smallest absolute Gasteiger partial charge is 0.258 e. The predicted octanol–water partition coefficient (Wildman–Crippen LogP) is 3.11. The zero-order valence-electron chi connectivity index (χ0n) is 13.8. The van der Waals surface area contributed by atoms with Crippen molar-refractivity contribution in [2.24, 2.45) is 5.14 Å². The molecule has 0 unspecified atom stereocenters. The Morgan fingerprint density at radius 3 is 2.25 bits per heavy atom. The summed E-state index contributed by atoms with van der Waals surface area (Å²) >= 11 is 0. The van der Waals surface area contributed by atoms with Crippen molar-refractivity contribution in [3.8, 4) is 16.9 Å². The number of nitro benzene ring substituents is 1. The Labute approximate surface area is 156 Å². The lowest BCUT2D eigenvalue weighted by Crippen LogP contribution is -2.12. The van der Waals surface area contributed by atoms with E-state index in [-0.39, 0.29) is 27.5 Å². The van der Waals surface area contributed by atoms with Gasteiger partial charge in [0.2, 0.25) is 10.0 Å². The number of nitrogens with zero attached hydrogens (tertiary/aromatic N) is 3. The predicted molar refractivity (Wildman–Crippen MR) is 92.0 cm³/mol. The second kappa shape index (κ2) is 6.73. The van der Waals surface area contributed by atoms with Crippen molar-refractivity contribution in [3.63, 3.8) is 0 Å². The maximum Gasteiger partial charge on any atom is 0.435 e. The van der Waals surface area contributed by atoms with Crippen LogP contribution in [0.1, 0.15) is 5.69 Å². The second-order valence-corrected chi connectivity index (χ2v) is 7.23. The summed E-state index contributed by atoms with van der Waals surface area (Å²) in [5.41, 5.74) is -1.32. The normalized spacial score (nSPS) is 12.1. The highest BCUT2D eigenvalue weighted by Crippen LogP contribution is 2.34. The Bertz CT molecular complexity index is 1160. The minimum atomic E-state index is -4.75. The molecule has 28 heavy (non-hydrogen) atoms. The van der Waals surface area contributed by atoms with Crippen molar-refractivity contribution in [2.45, 2.75) is 11.1 Å². The van der Waals surface area contributed by atoms with E-state index in [1.165, 1.54) is 30.3 Å². The first-order valence-electron chi connectivity index (χ1n) is 7.52. The van der Waals surface area contributed by atoms with Crippen LogP contribution in [0.2, 0.25) is 0 Å². The van der Waals surface area contributed by atoms with Gasteiger partial charge in [-0.2, -0.15) is 18.3 Å². The Balaban J connectivity index is 2.19. The highest BCUT2D eigenvalue weighted by Gasteiger charge is 2.35. The van der Waals surface area contributed by atoms with Gasteiger partial charge in [-0.3, -0.25) is 10.1 Å². The molecule has 0 radical (unpaired) electrons. The Morgan fingerprint density at radius 2 is 1.71 bits per heavy atom. The number of non-ortho nitro benzene ring substituents is 1. The first kappa shape index (κ1) is 19.5. The van der Waals surface area contributed by atoms with Gasteiger partial charge in [0.05, 0.1) is 21.2 Å². The molecule has 12 heteroatoms. The minimum absolute atomic E-state index is 0.0561. The van der Waals surface area contributed by atoms with Crippen molar-refractivity contribution in [1.29, 1.82) is 0 Å². The number of alkyl halides is 3. The van der Waals surface area contributed by atoms with Crippen molar-refractivity contribution in [1.82, 2.24) is 9.78 Å². The van der Waals surface area contributed by atoms with Gasteiger partial charge in [-0.25, -0.2) is 18.2 Å². The van der Waals surface area contributed by atoms with Crippen LogP contribution in [-0.2, 0) is 16.2 Å². The van der Waals surface area contributed by atoms with Crippen LogP contribution in [0.25, 0.3) is 16.9 Å². The van der Waals surface area contributed by atoms with E-state index in [1.807, 2.05) is 0 Å². The third-order valence-corrected chi connectivity index (χ3v) is 4.69. The average molecular weight is 412 g/mol. The molecule has 1 heterocycles. The Hall–Kier alpha value is -3.25. The van der Waals surface area contributed by atoms with E-state index in [9.17, 15) is 31.7 Å². The zero-order valence-corrected chi connectivity index (χ0v) is 14.6. The van der Waals surface area contributed by atoms with Gasteiger partial charge in [-0.1, -0.05) is 12.1 Å². The number of hydrogen-bond donors (Lipinski definition) is 1. The van der Waals surface area contributed by atoms with Crippen LogP contribution in [0.4, 0.5) is 18.9 Å². The number of nitro groups is 1. The molecule has 0 amide bonds. The molecule has 0 spiro atoms. The molecule has 2 aromatic carbocycles. The summed E-state index contributed by atoms with van der Waals surface area (Å²) in [5.74, 6) is 0. The number of aromatic nitrogens is 2. The summed E-state index contributed by atoms with van der Waals surface area (Å²) in [5, 5.41) is 19.5. The summed E-state index contributed by atoms with van der Waals surface area (Å²) in [4.78, 5) is 10.1.